The Morgan fingerprint density at radius 1 is 1.38 bits per heavy atom. The van der Waals surface area contributed by atoms with Crippen molar-refractivity contribution in [3.8, 4) is 5.75 Å². The van der Waals surface area contributed by atoms with Gasteiger partial charge >= 0.3 is 0 Å². The SMILES string of the molecule is C=C(C)COCCNCc1ccc(O)cc1. The van der Waals surface area contributed by atoms with Gasteiger partial charge in [0.05, 0.1) is 13.2 Å². The molecule has 0 bridgehead atoms. The summed E-state index contributed by atoms with van der Waals surface area (Å²) < 4.78 is 5.35. The Balaban J connectivity index is 2.07. The number of aromatic hydroxyl groups is 1. The van der Waals surface area contributed by atoms with Crippen molar-refractivity contribution in [1.82, 2.24) is 5.32 Å². The van der Waals surface area contributed by atoms with Gasteiger partial charge in [0.25, 0.3) is 0 Å². The van der Waals surface area contributed by atoms with Crippen molar-refractivity contribution >= 4 is 0 Å². The maximum atomic E-state index is 9.10. The summed E-state index contributed by atoms with van der Waals surface area (Å²) in [6, 6.07) is 7.18. The number of phenols is 1. The van der Waals surface area contributed by atoms with Crippen LogP contribution < -0.4 is 5.32 Å². The lowest BCUT2D eigenvalue weighted by Gasteiger charge is -2.06. The average molecular weight is 221 g/mol. The summed E-state index contributed by atoms with van der Waals surface area (Å²) in [5.41, 5.74) is 2.19. The fourth-order valence-corrected chi connectivity index (χ4v) is 1.24. The molecule has 0 aromatic heterocycles. The van der Waals surface area contributed by atoms with E-state index in [1.807, 2.05) is 19.1 Å². The lowest BCUT2D eigenvalue weighted by atomic mass is 10.2. The van der Waals surface area contributed by atoms with Crippen LogP contribution in [0.5, 0.6) is 5.75 Å². The minimum absolute atomic E-state index is 0.300. The van der Waals surface area contributed by atoms with Gasteiger partial charge in [-0.05, 0) is 24.6 Å². The Hall–Kier alpha value is -1.32. The van der Waals surface area contributed by atoms with Gasteiger partial charge in [0.1, 0.15) is 5.75 Å². The molecule has 0 heterocycles. The molecule has 0 saturated heterocycles. The standard InChI is InChI=1S/C13H19NO2/c1-11(2)10-16-8-7-14-9-12-3-5-13(15)6-4-12/h3-6,14-15H,1,7-10H2,2H3. The molecule has 1 aromatic carbocycles. The number of nitrogens with one attached hydrogen (secondary N) is 1. The predicted octanol–water partition coefficient (Wildman–Crippen LogP) is 2.07. The molecule has 16 heavy (non-hydrogen) atoms. The third-order valence-corrected chi connectivity index (χ3v) is 2.04. The minimum Gasteiger partial charge on any atom is -0.508 e. The zero-order valence-electron chi connectivity index (χ0n) is 9.70. The van der Waals surface area contributed by atoms with Crippen LogP contribution in [0.25, 0.3) is 0 Å². The van der Waals surface area contributed by atoms with E-state index in [0.717, 1.165) is 24.2 Å². The van der Waals surface area contributed by atoms with Crippen molar-refractivity contribution in [2.75, 3.05) is 19.8 Å². The first-order chi connectivity index (χ1) is 7.68. The molecule has 3 nitrogen and oxygen atoms in total. The van der Waals surface area contributed by atoms with Crippen LogP contribution >= 0.6 is 0 Å². The molecular weight excluding hydrogens is 202 g/mol. The third kappa shape index (κ3) is 5.53. The second kappa shape index (κ2) is 7.04. The van der Waals surface area contributed by atoms with Crippen LogP contribution in [0.3, 0.4) is 0 Å². The van der Waals surface area contributed by atoms with Gasteiger partial charge < -0.3 is 15.2 Å². The number of phenolic OH excluding ortho intramolecular Hbond substituents is 1. The van der Waals surface area contributed by atoms with Crippen LogP contribution in [-0.2, 0) is 11.3 Å². The molecule has 0 spiro atoms. The molecule has 1 rings (SSSR count). The highest BCUT2D eigenvalue weighted by molar-refractivity contribution is 5.25. The summed E-state index contributed by atoms with van der Waals surface area (Å²) in [7, 11) is 0. The van der Waals surface area contributed by atoms with E-state index < -0.39 is 0 Å². The van der Waals surface area contributed by atoms with E-state index in [9.17, 15) is 0 Å². The molecule has 0 unspecified atom stereocenters. The first-order valence-electron chi connectivity index (χ1n) is 5.39. The van der Waals surface area contributed by atoms with E-state index in [0.29, 0.717) is 19.0 Å². The maximum Gasteiger partial charge on any atom is 0.115 e. The molecule has 0 atom stereocenters. The number of rotatable bonds is 7. The van der Waals surface area contributed by atoms with Crippen molar-refractivity contribution in [3.63, 3.8) is 0 Å². The summed E-state index contributed by atoms with van der Waals surface area (Å²) in [5, 5.41) is 12.4. The predicted molar refractivity (Wildman–Crippen MR) is 65.4 cm³/mol. The Morgan fingerprint density at radius 2 is 2.06 bits per heavy atom. The summed E-state index contributed by atoms with van der Waals surface area (Å²) in [4.78, 5) is 0. The summed E-state index contributed by atoms with van der Waals surface area (Å²) in [6.45, 7) is 8.62. The van der Waals surface area contributed by atoms with Crippen LogP contribution in [0.2, 0.25) is 0 Å². The van der Waals surface area contributed by atoms with E-state index in [1.54, 1.807) is 12.1 Å². The highest BCUT2D eigenvalue weighted by Crippen LogP contribution is 2.08. The fourth-order valence-electron chi connectivity index (χ4n) is 1.24. The minimum atomic E-state index is 0.300. The maximum absolute atomic E-state index is 9.10. The first kappa shape index (κ1) is 12.7. The van der Waals surface area contributed by atoms with Gasteiger partial charge in [0, 0.05) is 13.1 Å². The van der Waals surface area contributed by atoms with Crippen molar-refractivity contribution in [1.29, 1.82) is 0 Å². The van der Waals surface area contributed by atoms with Crippen molar-refractivity contribution in [2.45, 2.75) is 13.5 Å². The summed E-state index contributed by atoms with van der Waals surface area (Å²) in [5.74, 6) is 0.300. The van der Waals surface area contributed by atoms with Crippen LogP contribution in [0.4, 0.5) is 0 Å². The Bertz CT molecular complexity index is 319. The van der Waals surface area contributed by atoms with Gasteiger partial charge in [-0.1, -0.05) is 24.3 Å². The molecule has 0 radical (unpaired) electrons. The van der Waals surface area contributed by atoms with E-state index in [-0.39, 0.29) is 0 Å². The van der Waals surface area contributed by atoms with Gasteiger partial charge in [-0.2, -0.15) is 0 Å². The number of hydrogen-bond donors (Lipinski definition) is 2. The van der Waals surface area contributed by atoms with Crippen molar-refractivity contribution in [3.05, 3.63) is 42.0 Å². The second-order valence-electron chi connectivity index (χ2n) is 3.85. The molecule has 0 saturated carbocycles. The smallest absolute Gasteiger partial charge is 0.115 e. The molecule has 1 aromatic rings. The van der Waals surface area contributed by atoms with E-state index in [4.69, 9.17) is 9.84 Å². The van der Waals surface area contributed by atoms with Crippen LogP contribution in [0.15, 0.2) is 36.4 Å². The number of benzene rings is 1. The molecule has 0 fully saturated rings. The Morgan fingerprint density at radius 3 is 2.69 bits per heavy atom. The second-order valence-corrected chi connectivity index (χ2v) is 3.85. The quantitative estimate of drug-likeness (QED) is 0.547. The number of hydrogen-bond acceptors (Lipinski definition) is 3. The first-order valence-corrected chi connectivity index (χ1v) is 5.39. The highest BCUT2D eigenvalue weighted by Gasteiger charge is 1.93. The van der Waals surface area contributed by atoms with Crippen LogP contribution in [0.1, 0.15) is 12.5 Å². The molecule has 0 aliphatic rings. The van der Waals surface area contributed by atoms with Crippen LogP contribution in [-0.4, -0.2) is 24.9 Å². The van der Waals surface area contributed by atoms with Gasteiger partial charge in [-0.25, -0.2) is 0 Å². The van der Waals surface area contributed by atoms with E-state index in [2.05, 4.69) is 11.9 Å². The topological polar surface area (TPSA) is 41.5 Å². The normalized spacial score (nSPS) is 10.3. The van der Waals surface area contributed by atoms with E-state index in [1.165, 1.54) is 0 Å². The van der Waals surface area contributed by atoms with Gasteiger partial charge in [0.15, 0.2) is 0 Å². The lowest BCUT2D eigenvalue weighted by molar-refractivity contribution is 0.158. The molecule has 2 N–H and O–H groups in total. The molecule has 0 amide bonds. The van der Waals surface area contributed by atoms with Gasteiger partial charge in [-0.15, -0.1) is 0 Å². The van der Waals surface area contributed by atoms with Crippen LogP contribution in [0, 0.1) is 0 Å². The van der Waals surface area contributed by atoms with Gasteiger partial charge in [0.2, 0.25) is 0 Å². The summed E-state index contributed by atoms with van der Waals surface area (Å²) in [6.07, 6.45) is 0. The van der Waals surface area contributed by atoms with Crippen molar-refractivity contribution < 1.29 is 9.84 Å². The molecule has 88 valence electrons. The van der Waals surface area contributed by atoms with Gasteiger partial charge in [-0.3, -0.25) is 0 Å². The zero-order valence-corrected chi connectivity index (χ0v) is 9.70. The average Bonchev–Trinajstić information content (AvgIpc) is 2.25. The number of ether oxygens (including phenoxy) is 1. The molecule has 0 aliphatic carbocycles. The molecule has 0 aliphatic heterocycles. The highest BCUT2D eigenvalue weighted by atomic mass is 16.5. The molecular formula is C13H19NO2. The Labute approximate surface area is 96.8 Å². The lowest BCUT2D eigenvalue weighted by Crippen LogP contribution is -2.19. The fraction of sp³-hybridized carbons (Fsp3) is 0.385. The summed E-state index contributed by atoms with van der Waals surface area (Å²) >= 11 is 0. The molecule has 3 heteroatoms. The Kier molecular flexibility index (Phi) is 5.61. The monoisotopic (exact) mass is 221 g/mol. The third-order valence-electron chi connectivity index (χ3n) is 2.04. The zero-order chi connectivity index (χ0) is 11.8. The largest absolute Gasteiger partial charge is 0.508 e. The van der Waals surface area contributed by atoms with Crippen molar-refractivity contribution in [2.24, 2.45) is 0 Å². The van der Waals surface area contributed by atoms with E-state index >= 15 is 0 Å².